The van der Waals surface area contributed by atoms with Crippen LogP contribution >= 0.6 is 11.6 Å². The predicted molar refractivity (Wildman–Crippen MR) is 104 cm³/mol. The standard InChI is InChI=1S/C19H21ClN4O/c1-5-7-15(12-21)10-13(2)14(3)18(23-25)11-16-17(20)8-6-9-19(16)24(4)22/h5-10H,2,11,22H2,1,3-4H3/b7-5-,15-10-,18-14-. The average molecular weight is 357 g/mol. The number of benzene rings is 1. The van der Waals surface area contributed by atoms with E-state index in [0.717, 1.165) is 0 Å². The molecule has 0 bridgehead atoms. The maximum absolute atomic E-state index is 11.4. The Kier molecular flexibility index (Phi) is 7.80. The molecular formula is C19H21ClN4O. The molecule has 0 amide bonds. The van der Waals surface area contributed by atoms with Crippen LogP contribution < -0.4 is 10.9 Å². The highest BCUT2D eigenvalue weighted by Gasteiger charge is 2.14. The highest BCUT2D eigenvalue weighted by molar-refractivity contribution is 6.31. The first-order valence-electron chi connectivity index (χ1n) is 7.58. The largest absolute Gasteiger partial charge is 0.314 e. The highest BCUT2D eigenvalue weighted by Crippen LogP contribution is 2.30. The van der Waals surface area contributed by atoms with Crippen molar-refractivity contribution in [2.45, 2.75) is 20.3 Å². The van der Waals surface area contributed by atoms with Crippen LogP contribution in [0.2, 0.25) is 5.02 Å². The molecule has 0 unspecified atom stereocenters. The summed E-state index contributed by atoms with van der Waals surface area (Å²) in [6, 6.07) is 7.40. The van der Waals surface area contributed by atoms with Gasteiger partial charge in [0.1, 0.15) is 0 Å². The Balaban J connectivity index is 3.31. The summed E-state index contributed by atoms with van der Waals surface area (Å²) < 4.78 is 0. The van der Waals surface area contributed by atoms with Crippen LogP contribution in [0.1, 0.15) is 19.4 Å². The van der Waals surface area contributed by atoms with Crippen LogP contribution in [0.4, 0.5) is 5.69 Å². The summed E-state index contributed by atoms with van der Waals surface area (Å²) in [6.07, 6.45) is 5.25. The SMILES string of the molecule is C=C(/C=C(C#N)/C=C\C)/C(C)=C(/Cc1c(Cl)cccc1N(C)N)N=O. The molecule has 0 atom stereocenters. The van der Waals surface area contributed by atoms with Crippen LogP contribution in [-0.4, -0.2) is 7.05 Å². The van der Waals surface area contributed by atoms with Crippen LogP contribution in [0.3, 0.4) is 0 Å². The average Bonchev–Trinajstić information content (AvgIpc) is 2.59. The van der Waals surface area contributed by atoms with E-state index in [2.05, 4.69) is 17.8 Å². The zero-order valence-corrected chi connectivity index (χ0v) is 15.3. The molecule has 0 aliphatic carbocycles. The summed E-state index contributed by atoms with van der Waals surface area (Å²) in [4.78, 5) is 11.4. The fraction of sp³-hybridized carbons (Fsp3) is 0.211. The lowest BCUT2D eigenvalue weighted by atomic mass is 9.99. The van der Waals surface area contributed by atoms with E-state index in [1.54, 1.807) is 44.3 Å². The molecule has 1 aromatic rings. The normalized spacial score (nSPS) is 12.6. The first-order valence-corrected chi connectivity index (χ1v) is 7.96. The van der Waals surface area contributed by atoms with Crippen LogP contribution in [0.5, 0.6) is 0 Å². The third-order valence-electron chi connectivity index (χ3n) is 3.65. The smallest absolute Gasteiger partial charge is 0.0991 e. The molecule has 0 fully saturated rings. The van der Waals surface area contributed by atoms with Crippen molar-refractivity contribution in [1.82, 2.24) is 0 Å². The van der Waals surface area contributed by atoms with Gasteiger partial charge < -0.3 is 5.01 Å². The molecular weight excluding hydrogens is 336 g/mol. The molecule has 0 spiro atoms. The molecule has 0 heterocycles. The first-order chi connectivity index (χ1) is 11.8. The number of hydrazine groups is 1. The lowest BCUT2D eigenvalue weighted by molar-refractivity contribution is 0.979. The summed E-state index contributed by atoms with van der Waals surface area (Å²) in [7, 11) is 1.69. The van der Waals surface area contributed by atoms with E-state index in [0.29, 0.717) is 33.0 Å². The molecule has 0 radical (unpaired) electrons. The van der Waals surface area contributed by atoms with E-state index < -0.39 is 0 Å². The molecule has 1 rings (SSSR count). The third kappa shape index (κ3) is 5.42. The van der Waals surface area contributed by atoms with Crippen molar-refractivity contribution in [2.24, 2.45) is 11.0 Å². The Bertz CT molecular complexity index is 798. The summed E-state index contributed by atoms with van der Waals surface area (Å²) in [6.45, 7) is 7.48. The van der Waals surface area contributed by atoms with Crippen molar-refractivity contribution in [2.75, 3.05) is 12.1 Å². The van der Waals surface area contributed by atoms with Gasteiger partial charge in [0.15, 0.2) is 0 Å². The fourth-order valence-corrected chi connectivity index (χ4v) is 2.47. The number of nitrogens with zero attached hydrogens (tertiary/aromatic N) is 3. The van der Waals surface area contributed by atoms with Gasteiger partial charge in [-0.3, -0.25) is 0 Å². The zero-order chi connectivity index (χ0) is 19.0. The van der Waals surface area contributed by atoms with E-state index in [9.17, 15) is 4.91 Å². The summed E-state index contributed by atoms with van der Waals surface area (Å²) in [5.74, 6) is 5.83. The second kappa shape index (κ2) is 9.58. The Labute approximate surface area is 153 Å². The molecule has 6 heteroatoms. The maximum atomic E-state index is 11.4. The summed E-state index contributed by atoms with van der Waals surface area (Å²) >= 11 is 6.27. The molecule has 0 aliphatic rings. The van der Waals surface area contributed by atoms with Gasteiger partial charge in [0.05, 0.1) is 23.0 Å². The minimum absolute atomic E-state index is 0.213. The number of allylic oxidation sites excluding steroid dienone is 7. The Morgan fingerprint density at radius 3 is 2.72 bits per heavy atom. The van der Waals surface area contributed by atoms with Gasteiger partial charge in [0.2, 0.25) is 0 Å². The number of rotatable bonds is 7. The quantitative estimate of drug-likeness (QED) is 0.250. The van der Waals surface area contributed by atoms with Gasteiger partial charge in [-0.2, -0.15) is 5.26 Å². The topological polar surface area (TPSA) is 82.5 Å². The first kappa shape index (κ1) is 20.4. The predicted octanol–water partition coefficient (Wildman–Crippen LogP) is 4.82. The Hall–Kier alpha value is -2.68. The molecule has 2 N–H and O–H groups in total. The minimum Gasteiger partial charge on any atom is -0.314 e. The van der Waals surface area contributed by atoms with Crippen LogP contribution in [0, 0.1) is 16.2 Å². The fourth-order valence-electron chi connectivity index (χ4n) is 2.23. The number of hydrogen-bond donors (Lipinski definition) is 1. The van der Waals surface area contributed by atoms with Crippen molar-refractivity contribution >= 4 is 17.3 Å². The van der Waals surface area contributed by atoms with Gasteiger partial charge in [-0.15, -0.1) is 4.91 Å². The van der Waals surface area contributed by atoms with Crippen LogP contribution in [-0.2, 0) is 6.42 Å². The molecule has 0 saturated heterocycles. The van der Waals surface area contributed by atoms with Gasteiger partial charge >= 0.3 is 0 Å². The zero-order valence-electron chi connectivity index (χ0n) is 14.6. The van der Waals surface area contributed by atoms with Gasteiger partial charge in [0.25, 0.3) is 0 Å². The van der Waals surface area contributed by atoms with Gasteiger partial charge in [-0.05, 0) is 54.5 Å². The van der Waals surface area contributed by atoms with Gasteiger partial charge in [0, 0.05) is 24.1 Å². The molecule has 0 aliphatic heterocycles. The Morgan fingerprint density at radius 1 is 1.52 bits per heavy atom. The second-order valence-corrected chi connectivity index (χ2v) is 5.83. The van der Waals surface area contributed by atoms with Crippen molar-refractivity contribution in [3.63, 3.8) is 0 Å². The van der Waals surface area contributed by atoms with Crippen molar-refractivity contribution in [3.8, 4) is 6.07 Å². The molecule has 1 aromatic carbocycles. The maximum Gasteiger partial charge on any atom is 0.0991 e. The number of nitroso groups, excluding NO2 is 1. The lowest BCUT2D eigenvalue weighted by Gasteiger charge is -2.18. The van der Waals surface area contributed by atoms with Gasteiger partial charge in [-0.1, -0.05) is 30.3 Å². The van der Waals surface area contributed by atoms with Gasteiger partial charge in [-0.25, -0.2) is 5.84 Å². The number of halogens is 1. The Morgan fingerprint density at radius 2 is 2.20 bits per heavy atom. The number of nitrogens with two attached hydrogens (primary N) is 1. The van der Waals surface area contributed by atoms with E-state index in [4.69, 9.17) is 22.7 Å². The van der Waals surface area contributed by atoms with Crippen molar-refractivity contribution in [1.29, 1.82) is 5.26 Å². The molecule has 25 heavy (non-hydrogen) atoms. The van der Waals surface area contributed by atoms with E-state index in [-0.39, 0.29) is 12.1 Å². The molecule has 130 valence electrons. The van der Waals surface area contributed by atoms with Crippen LogP contribution in [0.25, 0.3) is 0 Å². The number of hydrogen-bond acceptors (Lipinski definition) is 5. The lowest BCUT2D eigenvalue weighted by Crippen LogP contribution is -2.26. The second-order valence-electron chi connectivity index (χ2n) is 5.42. The highest BCUT2D eigenvalue weighted by atomic mass is 35.5. The minimum atomic E-state index is 0.213. The van der Waals surface area contributed by atoms with E-state index in [1.807, 2.05) is 13.0 Å². The molecule has 0 saturated carbocycles. The third-order valence-corrected chi connectivity index (χ3v) is 4.00. The van der Waals surface area contributed by atoms with E-state index >= 15 is 0 Å². The molecule has 5 nitrogen and oxygen atoms in total. The number of anilines is 1. The monoisotopic (exact) mass is 356 g/mol. The summed E-state index contributed by atoms with van der Waals surface area (Å²) in [5.41, 5.74) is 3.27. The van der Waals surface area contributed by atoms with E-state index in [1.165, 1.54) is 5.01 Å². The van der Waals surface area contributed by atoms with Crippen LogP contribution in [0.15, 0.2) is 70.6 Å². The molecule has 0 aromatic heterocycles. The summed E-state index contributed by atoms with van der Waals surface area (Å²) in [5, 5.41) is 14.2. The van der Waals surface area contributed by atoms with Crippen molar-refractivity contribution < 1.29 is 0 Å². The van der Waals surface area contributed by atoms with Crippen molar-refractivity contribution in [3.05, 3.63) is 80.9 Å². The number of nitriles is 1.